The highest BCUT2D eigenvalue weighted by molar-refractivity contribution is 6.27. The predicted molar refractivity (Wildman–Crippen MR) is 222 cm³/mol. The number of fused-ring (bicyclic) bond motifs is 6. The van der Waals surface area contributed by atoms with Crippen LogP contribution in [0, 0.1) is 0 Å². The summed E-state index contributed by atoms with van der Waals surface area (Å²) in [5.41, 5.74) is 18.8. The van der Waals surface area contributed by atoms with E-state index in [9.17, 15) is 0 Å². The first-order chi connectivity index (χ1) is 25.3. The summed E-state index contributed by atoms with van der Waals surface area (Å²) in [4.78, 5) is 0. The zero-order chi connectivity index (χ0) is 34.9. The van der Waals surface area contributed by atoms with Gasteiger partial charge in [0.15, 0.2) is 0 Å². The van der Waals surface area contributed by atoms with Crippen molar-refractivity contribution in [1.82, 2.24) is 0 Å². The first kappa shape index (κ1) is 29.7. The third-order valence-corrected chi connectivity index (χ3v) is 12.6. The average Bonchev–Trinajstić information content (AvgIpc) is 3.55. The van der Waals surface area contributed by atoms with Gasteiger partial charge in [-0.3, -0.25) is 0 Å². The Kier molecular flexibility index (Phi) is 5.89. The lowest BCUT2D eigenvalue weighted by molar-refractivity contribution is 0.653. The molecular weight excluding hydrogens is 625 g/mol. The monoisotopic (exact) mass is 662 g/mol. The van der Waals surface area contributed by atoms with Gasteiger partial charge in [0.05, 0.1) is 0 Å². The zero-order valence-electron chi connectivity index (χ0n) is 30.0. The molecule has 0 atom stereocenters. The average molecular weight is 663 g/mol. The largest absolute Gasteiger partial charge is 0.0622 e. The number of hydrogen-bond acceptors (Lipinski definition) is 0. The van der Waals surface area contributed by atoms with Crippen molar-refractivity contribution in [3.05, 3.63) is 180 Å². The minimum Gasteiger partial charge on any atom is -0.0622 e. The Labute approximate surface area is 305 Å². The summed E-state index contributed by atoms with van der Waals surface area (Å²) >= 11 is 0. The van der Waals surface area contributed by atoms with Gasteiger partial charge in [-0.25, -0.2) is 0 Å². The fraction of sp³-hybridized carbons (Fsp3) is 0.115. The molecule has 0 aliphatic heterocycles. The standard InChI is InChI=1S/C52H38/c1-51(2)45-19-9-8-16-38(45)43-29-47-44(30-46(43)51)42-18-11-17-41(50(42)52(47,3)4)37-25-21-33-22-26-39-36(24-20-32-23-27-40(37)49(33)48(32)39)35-15-10-14-34(28-35)31-12-6-5-7-13-31/h5-30H,1-4H3. The molecule has 0 nitrogen and oxygen atoms in total. The molecule has 0 saturated carbocycles. The molecule has 0 aromatic heterocycles. The van der Waals surface area contributed by atoms with Gasteiger partial charge in [-0.1, -0.05) is 167 Å². The van der Waals surface area contributed by atoms with E-state index in [0.29, 0.717) is 0 Å². The van der Waals surface area contributed by atoms with Crippen molar-refractivity contribution in [2.45, 2.75) is 38.5 Å². The Morgan fingerprint density at radius 2 is 0.827 bits per heavy atom. The molecule has 11 rings (SSSR count). The molecule has 2 aliphatic carbocycles. The van der Waals surface area contributed by atoms with Gasteiger partial charge >= 0.3 is 0 Å². The smallest absolute Gasteiger partial charge is 0.0165 e. The molecule has 0 heteroatoms. The summed E-state index contributed by atoms with van der Waals surface area (Å²) in [6.07, 6.45) is 0. The Hall–Kier alpha value is -5.98. The Balaban J connectivity index is 1.11. The maximum absolute atomic E-state index is 2.53. The lowest BCUT2D eigenvalue weighted by Crippen LogP contribution is -2.17. The van der Waals surface area contributed by atoms with Gasteiger partial charge in [-0.2, -0.15) is 0 Å². The van der Waals surface area contributed by atoms with Crippen molar-refractivity contribution in [3.8, 4) is 55.6 Å². The van der Waals surface area contributed by atoms with Crippen molar-refractivity contribution >= 4 is 32.3 Å². The topological polar surface area (TPSA) is 0 Å². The summed E-state index contributed by atoms with van der Waals surface area (Å²) in [5.74, 6) is 0. The second-order valence-corrected chi connectivity index (χ2v) is 16.1. The van der Waals surface area contributed by atoms with Gasteiger partial charge in [0.2, 0.25) is 0 Å². The van der Waals surface area contributed by atoms with Crippen LogP contribution in [-0.4, -0.2) is 0 Å². The normalized spacial score (nSPS) is 14.8. The maximum Gasteiger partial charge on any atom is 0.0165 e. The first-order valence-corrected chi connectivity index (χ1v) is 18.6. The molecule has 2 aliphatic rings. The fourth-order valence-electron chi connectivity index (χ4n) is 10.1. The first-order valence-electron chi connectivity index (χ1n) is 18.6. The van der Waals surface area contributed by atoms with Crippen LogP contribution in [0.4, 0.5) is 0 Å². The summed E-state index contributed by atoms with van der Waals surface area (Å²) in [6.45, 7) is 9.64. The zero-order valence-corrected chi connectivity index (χ0v) is 30.0. The van der Waals surface area contributed by atoms with Crippen molar-refractivity contribution in [2.75, 3.05) is 0 Å². The highest BCUT2D eigenvalue weighted by Crippen LogP contribution is 2.58. The molecule has 9 aromatic rings. The van der Waals surface area contributed by atoms with E-state index in [4.69, 9.17) is 0 Å². The Morgan fingerprint density at radius 3 is 1.58 bits per heavy atom. The summed E-state index contributed by atoms with van der Waals surface area (Å²) in [6, 6.07) is 59.5. The van der Waals surface area contributed by atoms with E-state index in [0.717, 1.165) is 0 Å². The van der Waals surface area contributed by atoms with Gasteiger partial charge in [0.1, 0.15) is 0 Å². The SMILES string of the molecule is CC1(C)c2ccccc2-c2cc3c(cc21)-c1cccc(-c2ccc4ccc5c(-c6cccc(-c7ccccc7)c6)ccc6ccc2c4c65)c1C3(C)C. The molecule has 0 fully saturated rings. The van der Waals surface area contributed by atoms with Crippen LogP contribution in [0.2, 0.25) is 0 Å². The second kappa shape index (κ2) is 10.3. The minimum atomic E-state index is -0.154. The number of hydrogen-bond donors (Lipinski definition) is 0. The van der Waals surface area contributed by atoms with Crippen LogP contribution >= 0.6 is 0 Å². The van der Waals surface area contributed by atoms with E-state index in [1.54, 1.807) is 0 Å². The van der Waals surface area contributed by atoms with Gasteiger partial charge in [-0.05, 0) is 128 Å². The molecule has 0 bridgehead atoms. The molecule has 0 N–H and O–H groups in total. The van der Waals surface area contributed by atoms with Gasteiger partial charge in [0, 0.05) is 10.8 Å². The molecule has 0 radical (unpaired) electrons. The molecule has 0 amide bonds. The molecule has 0 unspecified atom stereocenters. The molecule has 0 spiro atoms. The Bertz CT molecular complexity index is 2940. The van der Waals surface area contributed by atoms with Gasteiger partial charge in [-0.15, -0.1) is 0 Å². The Morgan fingerprint density at radius 1 is 0.308 bits per heavy atom. The lowest BCUT2D eigenvalue weighted by atomic mass is 9.77. The highest BCUT2D eigenvalue weighted by atomic mass is 14.5. The van der Waals surface area contributed by atoms with Crippen LogP contribution in [-0.2, 0) is 10.8 Å². The number of rotatable bonds is 3. The summed E-state index contributed by atoms with van der Waals surface area (Å²) < 4.78 is 0. The number of benzene rings is 9. The van der Waals surface area contributed by atoms with Crippen molar-refractivity contribution < 1.29 is 0 Å². The van der Waals surface area contributed by atoms with E-state index >= 15 is 0 Å². The van der Waals surface area contributed by atoms with Crippen LogP contribution in [0.25, 0.3) is 88.0 Å². The molecule has 0 saturated heterocycles. The highest BCUT2D eigenvalue weighted by Gasteiger charge is 2.42. The van der Waals surface area contributed by atoms with E-state index in [1.165, 1.54) is 110 Å². The van der Waals surface area contributed by atoms with Crippen molar-refractivity contribution in [3.63, 3.8) is 0 Å². The van der Waals surface area contributed by atoms with Crippen LogP contribution in [0.3, 0.4) is 0 Å². The summed E-state index contributed by atoms with van der Waals surface area (Å²) in [5, 5.41) is 7.92. The molecular formula is C52H38. The third kappa shape index (κ3) is 3.87. The van der Waals surface area contributed by atoms with Gasteiger partial charge < -0.3 is 0 Å². The van der Waals surface area contributed by atoms with Crippen molar-refractivity contribution in [2.24, 2.45) is 0 Å². The van der Waals surface area contributed by atoms with E-state index < -0.39 is 0 Å². The van der Waals surface area contributed by atoms with E-state index in [-0.39, 0.29) is 10.8 Å². The lowest BCUT2D eigenvalue weighted by Gasteiger charge is -2.26. The molecule has 52 heavy (non-hydrogen) atoms. The van der Waals surface area contributed by atoms with E-state index in [2.05, 4.69) is 185 Å². The fourth-order valence-corrected chi connectivity index (χ4v) is 10.1. The van der Waals surface area contributed by atoms with E-state index in [1.807, 2.05) is 0 Å². The van der Waals surface area contributed by atoms with Crippen molar-refractivity contribution in [1.29, 1.82) is 0 Å². The van der Waals surface area contributed by atoms with Crippen LogP contribution in [0.15, 0.2) is 158 Å². The molecule has 246 valence electrons. The van der Waals surface area contributed by atoms with Gasteiger partial charge in [0.25, 0.3) is 0 Å². The second-order valence-electron chi connectivity index (χ2n) is 16.1. The maximum atomic E-state index is 2.53. The minimum absolute atomic E-state index is 0.0285. The molecule has 9 aromatic carbocycles. The quantitative estimate of drug-likeness (QED) is 0.165. The van der Waals surface area contributed by atoms with Crippen LogP contribution in [0.1, 0.15) is 49.9 Å². The third-order valence-electron chi connectivity index (χ3n) is 12.6. The van der Waals surface area contributed by atoms with Crippen LogP contribution < -0.4 is 0 Å². The molecule has 0 heterocycles. The summed E-state index contributed by atoms with van der Waals surface area (Å²) in [7, 11) is 0. The van der Waals surface area contributed by atoms with Crippen LogP contribution in [0.5, 0.6) is 0 Å². The predicted octanol–water partition coefficient (Wildman–Crippen LogP) is 14.2.